The van der Waals surface area contributed by atoms with Gasteiger partial charge in [0.2, 0.25) is 0 Å². The number of likely N-dealkylation sites (N-methyl/N-ethyl adjacent to an activating group) is 1. The lowest BCUT2D eigenvalue weighted by atomic mass is 10.0. The number of unbranched alkanes of at least 4 members (excludes halogenated alkanes) is 27. The molecule has 0 aliphatic heterocycles. The van der Waals surface area contributed by atoms with Crippen LogP contribution in [0.4, 0.5) is 0 Å². The van der Waals surface area contributed by atoms with Crippen LogP contribution in [-0.2, 0) is 32.7 Å². The molecule has 0 radical (unpaired) electrons. The van der Waals surface area contributed by atoms with Crippen LogP contribution in [0.3, 0.4) is 0 Å². The number of phosphoric acid groups is 1. The Morgan fingerprint density at radius 1 is 0.456 bits per heavy atom. The monoisotopic (exact) mass is 976 g/mol. The third kappa shape index (κ3) is 53.1. The summed E-state index contributed by atoms with van der Waals surface area (Å²) in [6, 6.07) is 0. The first-order chi connectivity index (χ1) is 33.0. The number of carbonyl (C=O) groups excluding carboxylic acids is 2. The van der Waals surface area contributed by atoms with Crippen molar-refractivity contribution in [1.82, 2.24) is 0 Å². The smallest absolute Gasteiger partial charge is 0.306 e. The van der Waals surface area contributed by atoms with Gasteiger partial charge in [-0.05, 0) is 83.5 Å². The number of ether oxygens (including phenoxy) is 2. The molecule has 0 fully saturated rings. The van der Waals surface area contributed by atoms with Crippen LogP contribution >= 0.6 is 7.82 Å². The summed E-state index contributed by atoms with van der Waals surface area (Å²) in [7, 11) is 1.16. The van der Waals surface area contributed by atoms with Crippen molar-refractivity contribution in [3.8, 4) is 0 Å². The van der Waals surface area contributed by atoms with E-state index in [-0.39, 0.29) is 26.1 Å². The second-order valence-corrected chi connectivity index (χ2v) is 21.4. The number of nitrogens with zero attached hydrogens (tertiary/aromatic N) is 1. The number of quaternary nitrogens is 1. The number of phosphoric ester groups is 1. The van der Waals surface area contributed by atoms with Crippen molar-refractivity contribution < 1.29 is 42.1 Å². The lowest BCUT2D eigenvalue weighted by Crippen LogP contribution is -2.37. The Bertz CT molecular complexity index is 1340. The molecular formula is C58H106NO8P. The Kier molecular flexibility index (Phi) is 48.0. The molecule has 396 valence electrons. The van der Waals surface area contributed by atoms with Crippen LogP contribution < -0.4 is 4.89 Å². The fourth-order valence-electron chi connectivity index (χ4n) is 7.63. The van der Waals surface area contributed by atoms with E-state index in [9.17, 15) is 19.0 Å². The summed E-state index contributed by atoms with van der Waals surface area (Å²) in [6.07, 6.45) is 62.6. The zero-order valence-corrected chi connectivity index (χ0v) is 45.7. The average molecular weight is 976 g/mol. The van der Waals surface area contributed by atoms with Crippen LogP contribution in [-0.4, -0.2) is 70.0 Å². The highest BCUT2D eigenvalue weighted by Crippen LogP contribution is 2.38. The highest BCUT2D eigenvalue weighted by atomic mass is 31.2. The van der Waals surface area contributed by atoms with Gasteiger partial charge in [-0.25, -0.2) is 0 Å². The van der Waals surface area contributed by atoms with E-state index < -0.39 is 32.5 Å². The minimum Gasteiger partial charge on any atom is -0.756 e. The van der Waals surface area contributed by atoms with Crippen molar-refractivity contribution in [3.63, 3.8) is 0 Å². The molecule has 9 nitrogen and oxygen atoms in total. The summed E-state index contributed by atoms with van der Waals surface area (Å²) >= 11 is 0. The molecule has 0 spiro atoms. The predicted octanol–water partition coefficient (Wildman–Crippen LogP) is 16.5. The highest BCUT2D eigenvalue weighted by molar-refractivity contribution is 7.45. The second kappa shape index (κ2) is 49.7. The molecule has 0 rings (SSSR count). The van der Waals surface area contributed by atoms with Gasteiger partial charge in [0, 0.05) is 12.8 Å². The van der Waals surface area contributed by atoms with E-state index in [1.54, 1.807) is 0 Å². The van der Waals surface area contributed by atoms with E-state index in [1.807, 2.05) is 21.1 Å². The van der Waals surface area contributed by atoms with Crippen LogP contribution in [0.2, 0.25) is 0 Å². The van der Waals surface area contributed by atoms with Crippen LogP contribution in [0.5, 0.6) is 0 Å². The molecule has 0 amide bonds. The molecule has 0 aliphatic rings. The maximum Gasteiger partial charge on any atom is 0.306 e. The summed E-state index contributed by atoms with van der Waals surface area (Å²) in [5, 5.41) is 0. The Hall–Kier alpha value is -2.29. The first-order valence-corrected chi connectivity index (χ1v) is 29.5. The fraction of sp³-hybridized carbons (Fsp3) is 0.793. The Morgan fingerprint density at radius 3 is 1.21 bits per heavy atom. The van der Waals surface area contributed by atoms with E-state index in [4.69, 9.17) is 18.5 Å². The highest BCUT2D eigenvalue weighted by Gasteiger charge is 2.21. The van der Waals surface area contributed by atoms with Crippen molar-refractivity contribution >= 4 is 19.8 Å². The third-order valence-corrected chi connectivity index (χ3v) is 13.0. The topological polar surface area (TPSA) is 111 Å². The Labute approximate surface area is 419 Å². The van der Waals surface area contributed by atoms with Gasteiger partial charge >= 0.3 is 11.9 Å². The minimum atomic E-state index is -4.64. The molecule has 0 aliphatic carbocycles. The molecule has 2 unspecified atom stereocenters. The summed E-state index contributed by atoms with van der Waals surface area (Å²) in [5.41, 5.74) is 0. The van der Waals surface area contributed by atoms with Crippen molar-refractivity contribution in [2.24, 2.45) is 0 Å². The van der Waals surface area contributed by atoms with Crippen LogP contribution in [0.15, 0.2) is 60.8 Å². The van der Waals surface area contributed by atoms with Gasteiger partial charge in [0.1, 0.15) is 19.8 Å². The quantitative estimate of drug-likeness (QED) is 0.0195. The lowest BCUT2D eigenvalue weighted by molar-refractivity contribution is -0.870. The summed E-state index contributed by atoms with van der Waals surface area (Å²) in [4.78, 5) is 37.8. The summed E-state index contributed by atoms with van der Waals surface area (Å²) in [5.74, 6) is -0.847. The van der Waals surface area contributed by atoms with Crippen LogP contribution in [0, 0.1) is 0 Å². The van der Waals surface area contributed by atoms with Gasteiger partial charge in [-0.2, -0.15) is 0 Å². The number of allylic oxidation sites excluding steroid dienone is 10. The largest absolute Gasteiger partial charge is 0.756 e. The lowest BCUT2D eigenvalue weighted by Gasteiger charge is -2.28. The fourth-order valence-corrected chi connectivity index (χ4v) is 8.36. The molecule has 0 saturated heterocycles. The molecule has 68 heavy (non-hydrogen) atoms. The van der Waals surface area contributed by atoms with Crippen LogP contribution in [0.25, 0.3) is 0 Å². The number of esters is 2. The van der Waals surface area contributed by atoms with Crippen molar-refractivity contribution in [2.75, 3.05) is 47.5 Å². The van der Waals surface area contributed by atoms with Gasteiger partial charge in [0.25, 0.3) is 7.82 Å². The number of rotatable bonds is 51. The van der Waals surface area contributed by atoms with Gasteiger partial charge in [0.05, 0.1) is 27.7 Å². The molecule has 0 aromatic rings. The first-order valence-electron chi connectivity index (χ1n) is 28.0. The molecule has 0 aromatic carbocycles. The van der Waals surface area contributed by atoms with Crippen molar-refractivity contribution in [1.29, 1.82) is 0 Å². The summed E-state index contributed by atoms with van der Waals surface area (Å²) in [6.45, 7) is 4.19. The average Bonchev–Trinajstić information content (AvgIpc) is 3.30. The third-order valence-electron chi connectivity index (χ3n) is 12.0. The molecule has 2 atom stereocenters. The SMILES string of the molecule is CCCCC/C=C\C/C=C\CCCCCCCC(=O)OCC(COP(=O)([O-])OCC[N+](C)(C)C)OC(=O)CCCCCCCCCCCCCCCC/C=C\C/C=C\C/C=C\CCCCCCC. The number of hydrogen-bond acceptors (Lipinski definition) is 8. The predicted molar refractivity (Wildman–Crippen MR) is 287 cm³/mol. The van der Waals surface area contributed by atoms with E-state index in [1.165, 1.54) is 135 Å². The van der Waals surface area contributed by atoms with Gasteiger partial charge in [-0.15, -0.1) is 0 Å². The Balaban J connectivity index is 4.14. The Morgan fingerprint density at radius 2 is 0.794 bits per heavy atom. The van der Waals surface area contributed by atoms with Gasteiger partial charge in [-0.3, -0.25) is 14.2 Å². The van der Waals surface area contributed by atoms with Gasteiger partial charge < -0.3 is 27.9 Å². The molecule has 0 N–H and O–H groups in total. The first kappa shape index (κ1) is 65.7. The van der Waals surface area contributed by atoms with E-state index in [0.717, 1.165) is 70.6 Å². The number of hydrogen-bond donors (Lipinski definition) is 0. The maximum absolute atomic E-state index is 12.8. The molecule has 0 aromatic heterocycles. The minimum absolute atomic E-state index is 0.0346. The van der Waals surface area contributed by atoms with E-state index in [0.29, 0.717) is 23.9 Å². The molecule has 0 heterocycles. The summed E-state index contributed by atoms with van der Waals surface area (Å²) < 4.78 is 34.1. The normalized spacial score (nSPS) is 13.8. The zero-order valence-electron chi connectivity index (χ0n) is 44.8. The van der Waals surface area contributed by atoms with Gasteiger partial charge in [0.15, 0.2) is 6.10 Å². The van der Waals surface area contributed by atoms with Crippen LogP contribution in [0.1, 0.15) is 245 Å². The second-order valence-electron chi connectivity index (χ2n) is 19.9. The van der Waals surface area contributed by atoms with E-state index >= 15 is 0 Å². The van der Waals surface area contributed by atoms with Crippen molar-refractivity contribution in [3.05, 3.63) is 60.8 Å². The molecule has 10 heteroatoms. The molecular weight excluding hydrogens is 870 g/mol. The molecule has 0 saturated carbocycles. The van der Waals surface area contributed by atoms with Gasteiger partial charge in [-0.1, -0.05) is 209 Å². The van der Waals surface area contributed by atoms with E-state index in [2.05, 4.69) is 74.6 Å². The molecule has 0 bridgehead atoms. The standard InChI is InChI=1S/C58H106NO8P/c1-6-8-10-12-14-16-18-20-22-23-24-25-26-27-28-29-30-31-32-33-34-35-37-39-41-43-45-47-49-51-58(61)67-56(55-66-68(62,63)65-53-52-59(3,4)5)54-64-57(60)50-48-46-44-42-40-38-36-21-19-17-15-13-11-9-7-2/h15,17-18,20-21,23-24,26-27,36,56H,6-14,16,19,22,25,28-35,37-55H2,1-5H3/b17-15-,20-18-,24-23-,27-26-,36-21-. The zero-order chi connectivity index (χ0) is 49.9. The number of carbonyl (C=O) groups is 2. The van der Waals surface area contributed by atoms with Crippen molar-refractivity contribution in [2.45, 2.75) is 251 Å². The maximum atomic E-state index is 12.8.